The lowest BCUT2D eigenvalue weighted by atomic mass is 10.0. The van der Waals surface area contributed by atoms with Crippen LogP contribution in [0.4, 0.5) is 0 Å². The highest BCUT2D eigenvalue weighted by atomic mass is 16.5. The van der Waals surface area contributed by atoms with Crippen LogP contribution in [0, 0.1) is 11.8 Å². The average molecular weight is 591 g/mol. The summed E-state index contributed by atoms with van der Waals surface area (Å²) in [6, 6.07) is 15.8. The van der Waals surface area contributed by atoms with E-state index in [2.05, 4.69) is 38.2 Å². The van der Waals surface area contributed by atoms with Crippen molar-refractivity contribution < 1.29 is 38.1 Å². The first-order valence-electron chi connectivity index (χ1n) is 13.2. The van der Waals surface area contributed by atoms with E-state index in [0.29, 0.717) is 22.4 Å². The Morgan fingerprint density at radius 2 is 0.932 bits per heavy atom. The van der Waals surface area contributed by atoms with Crippen molar-refractivity contribution >= 4 is 23.9 Å². The summed E-state index contributed by atoms with van der Waals surface area (Å²) >= 11 is 0. The highest BCUT2D eigenvalue weighted by Gasteiger charge is 2.19. The van der Waals surface area contributed by atoms with E-state index in [-0.39, 0.29) is 45.1 Å². The summed E-state index contributed by atoms with van der Waals surface area (Å²) in [6.07, 6.45) is 0. The third-order valence-corrected chi connectivity index (χ3v) is 5.66. The predicted molar refractivity (Wildman–Crippen MR) is 166 cm³/mol. The molecule has 0 amide bonds. The van der Waals surface area contributed by atoms with Crippen LogP contribution in [0.2, 0.25) is 0 Å². The van der Waals surface area contributed by atoms with Gasteiger partial charge in [-0.3, -0.25) is 0 Å². The quantitative estimate of drug-likeness (QED) is 0.118. The molecule has 8 heteroatoms. The highest BCUT2D eigenvalue weighted by Crippen LogP contribution is 2.37. The molecule has 222 valence electrons. The van der Waals surface area contributed by atoms with Crippen molar-refractivity contribution in [2.45, 2.75) is 27.7 Å². The van der Waals surface area contributed by atoms with Crippen LogP contribution in [0.1, 0.15) is 38.8 Å². The Labute approximate surface area is 255 Å². The third-order valence-electron chi connectivity index (χ3n) is 5.66. The second-order valence-electron chi connectivity index (χ2n) is 9.82. The maximum atomic E-state index is 12.6. The smallest absolute Gasteiger partial charge is 0.338 e. The molecule has 0 saturated carbocycles. The topological polar surface area (TPSA) is 105 Å². The van der Waals surface area contributed by atoms with Gasteiger partial charge in [-0.15, -0.1) is 0 Å². The fourth-order valence-electron chi connectivity index (χ4n) is 3.26. The zero-order valence-corrected chi connectivity index (χ0v) is 24.9. The molecule has 0 saturated heterocycles. The molecule has 44 heavy (non-hydrogen) atoms. The minimum atomic E-state index is -0.684. The fraction of sp³-hybridized carbons (Fsp3) is 0.111. The molecule has 0 aliphatic carbocycles. The summed E-state index contributed by atoms with van der Waals surface area (Å²) in [5.41, 5.74) is 2.56. The van der Waals surface area contributed by atoms with Gasteiger partial charge in [-0.05, 0) is 75.7 Å². The molecule has 3 rings (SSSR count). The Morgan fingerprint density at radius 3 is 1.39 bits per heavy atom. The molecular formula is C36H30O8. The van der Waals surface area contributed by atoms with Gasteiger partial charge in [0.15, 0.2) is 0 Å². The molecular weight excluding hydrogens is 560 g/mol. The van der Waals surface area contributed by atoms with Gasteiger partial charge < -0.3 is 18.9 Å². The normalized spacial score (nSPS) is 9.91. The summed E-state index contributed by atoms with van der Waals surface area (Å²) in [5.74, 6) is 4.24. The van der Waals surface area contributed by atoms with Crippen molar-refractivity contribution in [3.8, 4) is 46.0 Å². The number of ether oxygens (including phenoxy) is 4. The molecule has 0 unspecified atom stereocenters. The van der Waals surface area contributed by atoms with E-state index in [9.17, 15) is 19.2 Å². The van der Waals surface area contributed by atoms with Gasteiger partial charge in [0, 0.05) is 39.5 Å². The molecule has 0 atom stereocenters. The molecule has 3 aromatic rings. The Kier molecular flexibility index (Phi) is 10.6. The van der Waals surface area contributed by atoms with Crippen LogP contribution in [-0.2, 0) is 19.2 Å². The summed E-state index contributed by atoms with van der Waals surface area (Å²) in [4.78, 5) is 48.8. The van der Waals surface area contributed by atoms with E-state index in [1.807, 2.05) is 0 Å². The zero-order chi connectivity index (χ0) is 32.6. The summed E-state index contributed by atoms with van der Waals surface area (Å²) in [7, 11) is 0. The number of carbonyl (C=O) groups is 4. The minimum absolute atomic E-state index is 0.0837. The van der Waals surface area contributed by atoms with Crippen LogP contribution in [-0.4, -0.2) is 23.9 Å². The number of hydrogen-bond donors (Lipinski definition) is 0. The third kappa shape index (κ3) is 8.78. The van der Waals surface area contributed by atoms with Crippen molar-refractivity contribution in [1.82, 2.24) is 0 Å². The summed E-state index contributed by atoms with van der Waals surface area (Å²) in [5, 5.41) is 0. The molecule has 0 heterocycles. The van der Waals surface area contributed by atoms with E-state index in [4.69, 9.17) is 18.9 Å². The van der Waals surface area contributed by atoms with Crippen molar-refractivity contribution in [2.75, 3.05) is 0 Å². The first-order valence-corrected chi connectivity index (χ1v) is 13.2. The van der Waals surface area contributed by atoms with Gasteiger partial charge in [-0.25, -0.2) is 19.2 Å². The summed E-state index contributed by atoms with van der Waals surface area (Å²) < 4.78 is 21.7. The summed E-state index contributed by atoms with van der Waals surface area (Å²) in [6.45, 7) is 20.5. The van der Waals surface area contributed by atoms with Crippen LogP contribution >= 0.6 is 0 Å². The molecule has 0 fully saturated rings. The molecule has 8 nitrogen and oxygen atoms in total. The molecule has 0 aromatic heterocycles. The minimum Gasteiger partial charge on any atom is -0.423 e. The first-order chi connectivity index (χ1) is 20.7. The fourth-order valence-corrected chi connectivity index (χ4v) is 3.26. The van der Waals surface area contributed by atoms with Crippen LogP contribution < -0.4 is 18.9 Å². The van der Waals surface area contributed by atoms with E-state index in [1.54, 1.807) is 55.5 Å². The van der Waals surface area contributed by atoms with E-state index in [1.165, 1.54) is 32.9 Å². The van der Waals surface area contributed by atoms with Gasteiger partial charge >= 0.3 is 23.9 Å². The zero-order valence-electron chi connectivity index (χ0n) is 24.9. The van der Waals surface area contributed by atoms with Crippen LogP contribution in [0.25, 0.3) is 11.1 Å². The molecule has 0 aliphatic rings. The molecule has 0 bridgehead atoms. The van der Waals surface area contributed by atoms with Crippen LogP contribution in [0.15, 0.2) is 109 Å². The van der Waals surface area contributed by atoms with Gasteiger partial charge in [0.1, 0.15) is 23.0 Å². The van der Waals surface area contributed by atoms with E-state index < -0.39 is 23.9 Å². The van der Waals surface area contributed by atoms with Gasteiger partial charge in [0.25, 0.3) is 0 Å². The van der Waals surface area contributed by atoms with Crippen molar-refractivity contribution in [3.63, 3.8) is 0 Å². The lowest BCUT2D eigenvalue weighted by Gasteiger charge is -2.15. The second-order valence-corrected chi connectivity index (χ2v) is 9.82. The predicted octanol–water partition coefficient (Wildman–Crippen LogP) is 6.68. The first kappa shape index (κ1) is 32.6. The molecule has 0 spiro atoms. The number of rotatable bonds is 9. The molecule has 3 aromatic carbocycles. The van der Waals surface area contributed by atoms with Crippen LogP contribution in [0.5, 0.6) is 23.0 Å². The SMILES string of the molecule is C=C(C)C(=O)Oc1ccc(C#Cc2cc(OC(=O)C(=C)C)c(-c3ccc(OC(=O)C(=C)C)cc3)cc2OC(=O)C(=C)C)cc1. The monoisotopic (exact) mass is 590 g/mol. The highest BCUT2D eigenvalue weighted by molar-refractivity contribution is 5.92. The molecule has 0 N–H and O–H groups in total. The van der Waals surface area contributed by atoms with Gasteiger partial charge in [-0.2, -0.15) is 0 Å². The van der Waals surface area contributed by atoms with E-state index in [0.717, 1.165) is 0 Å². The van der Waals surface area contributed by atoms with Crippen molar-refractivity contribution in [3.05, 3.63) is 120 Å². The maximum Gasteiger partial charge on any atom is 0.338 e. The van der Waals surface area contributed by atoms with Gasteiger partial charge in [0.2, 0.25) is 0 Å². The number of hydrogen-bond acceptors (Lipinski definition) is 8. The largest absolute Gasteiger partial charge is 0.423 e. The maximum absolute atomic E-state index is 12.6. The molecule has 0 aliphatic heterocycles. The van der Waals surface area contributed by atoms with E-state index >= 15 is 0 Å². The van der Waals surface area contributed by atoms with Crippen LogP contribution in [0.3, 0.4) is 0 Å². The average Bonchev–Trinajstić information content (AvgIpc) is 2.97. The van der Waals surface area contributed by atoms with Crippen molar-refractivity contribution in [1.29, 1.82) is 0 Å². The number of carbonyl (C=O) groups excluding carboxylic acids is 4. The standard InChI is InChI=1S/C36H30O8/c1-21(2)33(37)41-28-15-10-25(11-16-28)9-12-27-19-32(44-36(40)24(7)8)30(20-31(27)43-35(39)23(5)6)26-13-17-29(18-14-26)42-34(38)22(3)4/h10-11,13-20H,1,3,5,7H2,2,4,6,8H3. The Bertz CT molecular complexity index is 1760. The lowest BCUT2D eigenvalue weighted by Crippen LogP contribution is -2.12. The Hall–Kier alpha value is -5.94. The lowest BCUT2D eigenvalue weighted by molar-refractivity contribution is -0.131. The Balaban J connectivity index is 2.11. The Morgan fingerprint density at radius 1 is 0.523 bits per heavy atom. The van der Waals surface area contributed by atoms with Crippen molar-refractivity contribution in [2.24, 2.45) is 0 Å². The van der Waals surface area contributed by atoms with Gasteiger partial charge in [0.05, 0.1) is 5.56 Å². The van der Waals surface area contributed by atoms with Gasteiger partial charge in [-0.1, -0.05) is 50.3 Å². The molecule has 0 radical (unpaired) electrons. The number of benzene rings is 3. The second kappa shape index (κ2) is 14.3. The number of esters is 4.